The van der Waals surface area contributed by atoms with Gasteiger partial charge in [0.1, 0.15) is 17.3 Å². The Labute approximate surface area is 217 Å². The van der Waals surface area contributed by atoms with Gasteiger partial charge in [0.15, 0.2) is 6.10 Å². The lowest BCUT2D eigenvalue weighted by Crippen LogP contribution is -2.53. The number of carbonyl (C=O) groups is 2. The van der Waals surface area contributed by atoms with Crippen molar-refractivity contribution in [3.63, 3.8) is 0 Å². The normalized spacial score (nSPS) is 37.4. The number of esters is 1. The van der Waals surface area contributed by atoms with E-state index in [9.17, 15) is 14.7 Å². The van der Waals surface area contributed by atoms with E-state index in [4.69, 9.17) is 14.2 Å². The molecule has 2 bridgehead atoms. The molecule has 2 saturated carbocycles. The van der Waals surface area contributed by atoms with E-state index in [0.717, 1.165) is 6.42 Å². The van der Waals surface area contributed by atoms with Crippen LogP contribution >= 0.6 is 0 Å². The van der Waals surface area contributed by atoms with Gasteiger partial charge in [-0.25, -0.2) is 9.59 Å². The molecule has 37 heavy (non-hydrogen) atoms. The van der Waals surface area contributed by atoms with Crippen molar-refractivity contribution in [2.24, 2.45) is 16.7 Å². The van der Waals surface area contributed by atoms with E-state index in [0.29, 0.717) is 17.9 Å². The molecule has 2 aromatic rings. The van der Waals surface area contributed by atoms with Crippen LogP contribution in [0.25, 0.3) is 0 Å². The molecule has 196 valence electrons. The summed E-state index contributed by atoms with van der Waals surface area (Å²) in [5.74, 6) is -0.258. The molecule has 0 radical (unpaired) electrons. The quantitative estimate of drug-likeness (QED) is 0.456. The Hall–Kier alpha value is -2.90. The molecule has 6 rings (SSSR count). The van der Waals surface area contributed by atoms with Crippen molar-refractivity contribution in [1.29, 1.82) is 0 Å². The maximum atomic E-state index is 13.4. The summed E-state index contributed by atoms with van der Waals surface area (Å²) < 4.78 is 17.7. The van der Waals surface area contributed by atoms with Crippen LogP contribution in [-0.4, -0.2) is 42.1 Å². The van der Waals surface area contributed by atoms with Crippen LogP contribution in [0.3, 0.4) is 0 Å². The topological polar surface area (TPSA) is 97.4 Å². The molecule has 3 fully saturated rings. The Morgan fingerprint density at radius 1 is 1.08 bits per heavy atom. The van der Waals surface area contributed by atoms with Gasteiger partial charge in [0.25, 0.3) is 0 Å². The van der Waals surface area contributed by atoms with Gasteiger partial charge >= 0.3 is 12.1 Å². The van der Waals surface area contributed by atoms with Gasteiger partial charge in [-0.05, 0) is 40.9 Å². The number of epoxide rings is 1. The third-order valence-corrected chi connectivity index (χ3v) is 10.4. The molecule has 0 spiro atoms. The highest BCUT2D eigenvalue weighted by molar-refractivity contribution is 5.78. The van der Waals surface area contributed by atoms with E-state index in [-0.39, 0.29) is 16.9 Å². The van der Waals surface area contributed by atoms with Crippen LogP contribution < -0.4 is 5.32 Å². The second kappa shape index (κ2) is 7.81. The second-order valence-electron chi connectivity index (χ2n) is 12.0. The molecular formula is C30H35NO6. The number of benzene rings is 2. The molecule has 1 heterocycles. The highest BCUT2D eigenvalue weighted by Gasteiger charge is 2.95. The molecule has 7 heteroatoms. The second-order valence-corrected chi connectivity index (χ2v) is 12.0. The predicted octanol–water partition coefficient (Wildman–Crippen LogP) is 4.59. The number of carbonyl (C=O) groups excluding carboxylic acids is 2. The Morgan fingerprint density at radius 3 is 2.46 bits per heavy atom. The summed E-state index contributed by atoms with van der Waals surface area (Å²) in [6.45, 7) is 8.99. The van der Waals surface area contributed by atoms with Gasteiger partial charge in [-0.15, -0.1) is 0 Å². The van der Waals surface area contributed by atoms with Gasteiger partial charge in [0, 0.05) is 11.3 Å². The van der Waals surface area contributed by atoms with Crippen LogP contribution in [0.4, 0.5) is 4.79 Å². The van der Waals surface area contributed by atoms with Crippen molar-refractivity contribution in [1.82, 2.24) is 5.32 Å². The van der Waals surface area contributed by atoms with Crippen LogP contribution in [0.5, 0.6) is 0 Å². The summed E-state index contributed by atoms with van der Waals surface area (Å²) >= 11 is 0. The highest BCUT2D eigenvalue weighted by atomic mass is 16.6. The molecule has 8 atom stereocenters. The van der Waals surface area contributed by atoms with Gasteiger partial charge in [-0.2, -0.15) is 0 Å². The molecule has 7 nitrogen and oxygen atoms in total. The number of alkyl carbamates (subject to hydrolysis) is 1. The number of hydrogen-bond acceptors (Lipinski definition) is 6. The predicted molar refractivity (Wildman–Crippen MR) is 136 cm³/mol. The van der Waals surface area contributed by atoms with Gasteiger partial charge in [0.05, 0.1) is 13.2 Å². The summed E-state index contributed by atoms with van der Waals surface area (Å²) in [5.41, 5.74) is 1.85. The van der Waals surface area contributed by atoms with E-state index in [1.54, 1.807) is 24.3 Å². The molecule has 4 aliphatic rings. The Balaban J connectivity index is 1.31. The number of fused-ring (bicyclic) bond motifs is 3. The minimum absolute atomic E-state index is 0.151. The fraction of sp³-hybridized carbons (Fsp3) is 0.533. The maximum absolute atomic E-state index is 13.4. The average Bonchev–Trinajstić information content (AvgIpc) is 3.52. The molecule has 1 saturated heterocycles. The van der Waals surface area contributed by atoms with Crippen LogP contribution in [0.2, 0.25) is 0 Å². The first-order chi connectivity index (χ1) is 17.5. The first kappa shape index (κ1) is 24.4. The fourth-order valence-corrected chi connectivity index (χ4v) is 8.44. The van der Waals surface area contributed by atoms with E-state index < -0.39 is 41.3 Å². The van der Waals surface area contributed by atoms with Crippen molar-refractivity contribution >= 4 is 12.1 Å². The lowest BCUT2D eigenvalue weighted by atomic mass is 9.58. The van der Waals surface area contributed by atoms with Crippen LogP contribution in [0.1, 0.15) is 69.2 Å². The molecule has 1 amide bonds. The number of aliphatic hydroxyl groups is 1. The zero-order chi connectivity index (χ0) is 26.4. The minimum Gasteiger partial charge on any atom is -0.460 e. The van der Waals surface area contributed by atoms with E-state index in [2.05, 4.69) is 57.3 Å². The zero-order valence-corrected chi connectivity index (χ0v) is 22.0. The van der Waals surface area contributed by atoms with Crippen molar-refractivity contribution < 1.29 is 28.9 Å². The van der Waals surface area contributed by atoms with Crippen molar-refractivity contribution in [2.45, 2.75) is 75.9 Å². The zero-order valence-electron chi connectivity index (χ0n) is 22.0. The third kappa shape index (κ3) is 2.84. The standard InChI is InChI=1S/C30H35NO6/c1-17-16-29-28(4)22(15-21(27(28,2)3)30(29,37-29)20-14-10-9-13-19(17)20)36-25(33)24(32)23(31-26(34)35-5)18-11-7-6-8-12-18/h6-14,17,21-24,32H,15-16H2,1-5H3,(H,31,34)/t17-,21?,22?,23-,24+,28?,29-,30+/m0/s1. The summed E-state index contributed by atoms with van der Waals surface area (Å²) in [4.78, 5) is 25.5. The molecule has 3 aliphatic carbocycles. The van der Waals surface area contributed by atoms with Gasteiger partial charge in [-0.3, -0.25) is 0 Å². The third-order valence-electron chi connectivity index (χ3n) is 10.4. The molecular weight excluding hydrogens is 470 g/mol. The number of rotatable bonds is 5. The summed E-state index contributed by atoms with van der Waals surface area (Å²) in [6.07, 6.45) is -1.22. The lowest BCUT2D eigenvalue weighted by Gasteiger charge is -2.46. The number of ether oxygens (including phenoxy) is 3. The molecule has 0 aromatic heterocycles. The highest BCUT2D eigenvalue weighted by Crippen LogP contribution is 2.89. The first-order valence-electron chi connectivity index (χ1n) is 13.1. The molecule has 2 N–H and O–H groups in total. The molecule has 1 aliphatic heterocycles. The van der Waals surface area contributed by atoms with Crippen LogP contribution in [0, 0.1) is 16.7 Å². The number of hydrogen-bond donors (Lipinski definition) is 2. The number of nitrogens with one attached hydrogen (secondary N) is 1. The molecule has 2 aromatic carbocycles. The average molecular weight is 506 g/mol. The lowest BCUT2D eigenvalue weighted by molar-refractivity contribution is -0.173. The maximum Gasteiger partial charge on any atom is 0.407 e. The summed E-state index contributed by atoms with van der Waals surface area (Å²) in [6, 6.07) is 16.5. The van der Waals surface area contributed by atoms with Crippen molar-refractivity contribution in [3.05, 3.63) is 71.3 Å². The van der Waals surface area contributed by atoms with Gasteiger partial charge in [-0.1, -0.05) is 82.3 Å². The van der Waals surface area contributed by atoms with E-state index >= 15 is 0 Å². The fourth-order valence-electron chi connectivity index (χ4n) is 8.44. The van der Waals surface area contributed by atoms with Crippen LogP contribution in [-0.2, 0) is 24.6 Å². The van der Waals surface area contributed by atoms with Crippen molar-refractivity contribution in [2.75, 3.05) is 7.11 Å². The van der Waals surface area contributed by atoms with Gasteiger partial charge in [0.2, 0.25) is 0 Å². The first-order valence-corrected chi connectivity index (χ1v) is 13.1. The van der Waals surface area contributed by atoms with Crippen molar-refractivity contribution in [3.8, 4) is 0 Å². The number of aliphatic hydroxyl groups excluding tert-OH is 1. The smallest absolute Gasteiger partial charge is 0.407 e. The summed E-state index contributed by atoms with van der Waals surface area (Å²) in [7, 11) is 1.24. The minimum atomic E-state index is -1.60. The molecule has 3 unspecified atom stereocenters. The number of methoxy groups -OCH3 is 1. The van der Waals surface area contributed by atoms with E-state index in [1.807, 2.05) is 6.07 Å². The van der Waals surface area contributed by atoms with Gasteiger partial charge < -0.3 is 24.6 Å². The Bertz CT molecular complexity index is 1260. The van der Waals surface area contributed by atoms with E-state index in [1.165, 1.54) is 18.2 Å². The summed E-state index contributed by atoms with van der Waals surface area (Å²) in [5, 5.41) is 13.7. The Morgan fingerprint density at radius 2 is 1.76 bits per heavy atom. The SMILES string of the molecule is COC(=O)N[C@@H](c1ccccc1)[C@@H](O)C(=O)OC1CC2C(C)(C)C1(C)[C@@]13C[C@H](C)c4ccccc4[C@@]21O3. The largest absolute Gasteiger partial charge is 0.460 e. The van der Waals surface area contributed by atoms with Crippen LogP contribution in [0.15, 0.2) is 54.6 Å². The monoisotopic (exact) mass is 505 g/mol. The number of amides is 1. The Kier molecular flexibility index (Phi) is 5.16.